The third-order valence-electron chi connectivity index (χ3n) is 5.41. The lowest BCUT2D eigenvalue weighted by Crippen LogP contribution is -2.26. The number of benzene rings is 1. The fourth-order valence-electron chi connectivity index (χ4n) is 3.71. The van der Waals surface area contributed by atoms with Crippen molar-refractivity contribution in [1.82, 2.24) is 25.0 Å². The number of halogens is 2. The van der Waals surface area contributed by atoms with Crippen LogP contribution in [0.2, 0.25) is 0 Å². The number of carbonyl (C=O) groups is 1. The van der Waals surface area contributed by atoms with Crippen LogP contribution in [0.25, 0.3) is 11.1 Å². The van der Waals surface area contributed by atoms with Gasteiger partial charge in [0.15, 0.2) is 11.9 Å². The normalized spacial score (nSPS) is 19.8. The molecule has 3 aromatic rings. The Morgan fingerprint density at radius 2 is 2.03 bits per heavy atom. The van der Waals surface area contributed by atoms with E-state index in [1.807, 2.05) is 0 Å². The Kier molecular flexibility index (Phi) is 5.84. The summed E-state index contributed by atoms with van der Waals surface area (Å²) in [6.45, 7) is -0.508. The lowest BCUT2D eigenvalue weighted by molar-refractivity contribution is 0.0390. The minimum Gasteiger partial charge on any atom is -0.442 e. The molecule has 0 radical (unpaired) electrons. The van der Waals surface area contributed by atoms with Gasteiger partial charge in [-0.2, -0.15) is 0 Å². The smallest absolute Gasteiger partial charge is 0.414 e. The van der Waals surface area contributed by atoms with Gasteiger partial charge in [-0.1, -0.05) is 10.4 Å². The number of aliphatic hydroxyl groups is 1. The number of oxime groups is 1. The van der Waals surface area contributed by atoms with Gasteiger partial charge in [0.05, 0.1) is 31.6 Å². The van der Waals surface area contributed by atoms with E-state index in [-0.39, 0.29) is 31.0 Å². The highest BCUT2D eigenvalue weighted by molar-refractivity contribution is 5.98. The number of ether oxygens (including phenoxy) is 1. The Morgan fingerprint density at radius 1 is 1.21 bits per heavy atom. The second-order valence-corrected chi connectivity index (χ2v) is 7.79. The SMILES string of the molecule is O=C1O[C@@H](Cn2cc(CF)nn2)CN1c1ccc(-c2cnc(C3=NOC(CO)C3)nc2)c(F)c1. The minimum atomic E-state index is -0.733. The third-order valence-corrected chi connectivity index (χ3v) is 5.41. The first-order valence-electron chi connectivity index (χ1n) is 10.4. The Balaban J connectivity index is 1.27. The van der Waals surface area contributed by atoms with Crippen LogP contribution in [0.1, 0.15) is 17.9 Å². The Morgan fingerprint density at radius 3 is 2.71 bits per heavy atom. The van der Waals surface area contributed by atoms with E-state index in [4.69, 9.17) is 14.7 Å². The molecule has 2 atom stereocenters. The molecule has 11 nitrogen and oxygen atoms in total. The van der Waals surface area contributed by atoms with Crippen LogP contribution in [-0.4, -0.2) is 67.2 Å². The highest BCUT2D eigenvalue weighted by atomic mass is 19.1. The first kappa shape index (κ1) is 21.8. The fourth-order valence-corrected chi connectivity index (χ4v) is 3.71. The van der Waals surface area contributed by atoms with Gasteiger partial charge < -0.3 is 14.7 Å². The zero-order valence-corrected chi connectivity index (χ0v) is 17.7. The van der Waals surface area contributed by atoms with Gasteiger partial charge in [-0.05, 0) is 18.2 Å². The zero-order valence-electron chi connectivity index (χ0n) is 17.7. The van der Waals surface area contributed by atoms with Crippen molar-refractivity contribution in [3.8, 4) is 11.1 Å². The number of rotatable bonds is 7. The fraction of sp³-hybridized carbons (Fsp3) is 0.333. The van der Waals surface area contributed by atoms with Crippen LogP contribution in [0.15, 0.2) is 41.9 Å². The van der Waals surface area contributed by atoms with E-state index in [0.29, 0.717) is 29.2 Å². The predicted octanol–water partition coefficient (Wildman–Crippen LogP) is 1.85. The second-order valence-electron chi connectivity index (χ2n) is 7.79. The molecule has 0 bridgehead atoms. The average Bonchev–Trinajstić information content (AvgIpc) is 3.59. The van der Waals surface area contributed by atoms with Gasteiger partial charge in [-0.15, -0.1) is 5.10 Å². The average molecular weight is 471 g/mol. The molecular weight excluding hydrogens is 452 g/mol. The van der Waals surface area contributed by atoms with Crippen molar-refractivity contribution in [3.63, 3.8) is 0 Å². The summed E-state index contributed by atoms with van der Waals surface area (Å²) in [5.74, 6) is -0.218. The zero-order chi connectivity index (χ0) is 23.7. The standard InChI is InChI=1S/C21H19F2N7O4/c22-5-13-8-29(28-26-13)9-16-10-30(21(32)33-16)14-1-2-17(18(23)3-14)12-6-24-20(25-7-12)19-4-15(11-31)34-27-19/h1-3,6-8,15-16,31H,4-5,9-11H2/t15?,16-/m0/s1. The van der Waals surface area contributed by atoms with Gasteiger partial charge in [0.1, 0.15) is 30.0 Å². The van der Waals surface area contributed by atoms with Gasteiger partial charge in [-0.25, -0.2) is 28.2 Å². The maximum absolute atomic E-state index is 14.9. The van der Waals surface area contributed by atoms with Crippen LogP contribution in [0.4, 0.5) is 19.3 Å². The van der Waals surface area contributed by atoms with E-state index >= 15 is 0 Å². The number of hydrogen-bond acceptors (Lipinski definition) is 9. The molecule has 0 aliphatic carbocycles. The molecule has 0 saturated carbocycles. The van der Waals surface area contributed by atoms with E-state index in [0.717, 1.165) is 0 Å². The van der Waals surface area contributed by atoms with Crippen molar-refractivity contribution in [3.05, 3.63) is 54.1 Å². The summed E-state index contributed by atoms with van der Waals surface area (Å²) in [7, 11) is 0. The first-order chi connectivity index (χ1) is 16.5. The molecule has 176 valence electrons. The lowest BCUT2D eigenvalue weighted by Gasteiger charge is -2.14. The predicted molar refractivity (Wildman–Crippen MR) is 113 cm³/mol. The largest absolute Gasteiger partial charge is 0.442 e. The molecule has 1 aromatic carbocycles. The van der Waals surface area contributed by atoms with Crippen LogP contribution in [0.5, 0.6) is 0 Å². The van der Waals surface area contributed by atoms with Crippen molar-refractivity contribution in [1.29, 1.82) is 0 Å². The second kappa shape index (κ2) is 9.09. The molecule has 2 aliphatic heterocycles. The van der Waals surface area contributed by atoms with Crippen LogP contribution in [0.3, 0.4) is 0 Å². The molecular formula is C21H19F2N7O4. The summed E-state index contributed by atoms with van der Waals surface area (Å²) in [6, 6.07) is 4.38. The third kappa shape index (κ3) is 4.29. The molecule has 1 amide bonds. The number of carbonyl (C=O) groups excluding carboxylic acids is 1. The minimum absolute atomic E-state index is 0.158. The maximum Gasteiger partial charge on any atom is 0.414 e. The van der Waals surface area contributed by atoms with Crippen molar-refractivity contribution in [2.24, 2.45) is 5.16 Å². The molecule has 1 unspecified atom stereocenters. The van der Waals surface area contributed by atoms with E-state index in [1.165, 1.54) is 40.3 Å². The van der Waals surface area contributed by atoms with Crippen LogP contribution < -0.4 is 4.90 Å². The van der Waals surface area contributed by atoms with Crippen molar-refractivity contribution in [2.45, 2.75) is 31.8 Å². The Bertz CT molecular complexity index is 1230. The molecule has 1 N–H and O–H groups in total. The number of alkyl halides is 1. The molecule has 13 heteroatoms. The van der Waals surface area contributed by atoms with Crippen molar-refractivity contribution >= 4 is 17.5 Å². The summed E-state index contributed by atoms with van der Waals surface area (Å²) >= 11 is 0. The Labute approximate surface area is 191 Å². The number of amides is 1. The first-order valence-corrected chi connectivity index (χ1v) is 10.4. The van der Waals surface area contributed by atoms with Crippen molar-refractivity contribution < 1.29 is 28.3 Å². The number of aliphatic hydroxyl groups excluding tert-OH is 1. The van der Waals surface area contributed by atoms with Crippen molar-refractivity contribution in [2.75, 3.05) is 18.1 Å². The summed E-state index contributed by atoms with van der Waals surface area (Å²) < 4.78 is 34.3. The van der Waals surface area contributed by atoms with Crippen LogP contribution in [-0.2, 0) is 22.8 Å². The number of nitrogens with zero attached hydrogens (tertiary/aromatic N) is 7. The molecule has 34 heavy (non-hydrogen) atoms. The highest BCUT2D eigenvalue weighted by Gasteiger charge is 2.33. The van der Waals surface area contributed by atoms with Crippen LogP contribution >= 0.6 is 0 Å². The lowest BCUT2D eigenvalue weighted by atomic mass is 10.1. The molecule has 2 aromatic heterocycles. The van der Waals surface area contributed by atoms with E-state index in [2.05, 4.69) is 25.4 Å². The Hall–Kier alpha value is -4.00. The monoisotopic (exact) mass is 471 g/mol. The number of anilines is 1. The molecule has 4 heterocycles. The van der Waals surface area contributed by atoms with E-state index in [9.17, 15) is 13.6 Å². The molecule has 5 rings (SSSR count). The van der Waals surface area contributed by atoms with Gasteiger partial charge in [0.25, 0.3) is 0 Å². The summed E-state index contributed by atoms with van der Waals surface area (Å²) in [6.07, 6.45) is 3.20. The molecule has 1 fully saturated rings. The summed E-state index contributed by atoms with van der Waals surface area (Å²) in [4.78, 5) is 27.2. The highest BCUT2D eigenvalue weighted by Crippen LogP contribution is 2.29. The maximum atomic E-state index is 14.9. The van der Waals surface area contributed by atoms with E-state index in [1.54, 1.807) is 6.07 Å². The molecule has 0 spiro atoms. The van der Waals surface area contributed by atoms with Gasteiger partial charge in [-0.3, -0.25) is 4.90 Å². The van der Waals surface area contributed by atoms with E-state index < -0.39 is 30.8 Å². The number of aromatic nitrogens is 5. The number of hydrogen-bond donors (Lipinski definition) is 1. The van der Waals surface area contributed by atoms with Gasteiger partial charge in [0.2, 0.25) is 0 Å². The molecule has 2 aliphatic rings. The molecule has 1 saturated heterocycles. The number of cyclic esters (lactones) is 1. The summed E-state index contributed by atoms with van der Waals surface area (Å²) in [5.41, 5.74) is 1.74. The quantitative estimate of drug-likeness (QED) is 0.553. The topological polar surface area (TPSA) is 128 Å². The van der Waals surface area contributed by atoms with Gasteiger partial charge in [0, 0.05) is 29.9 Å². The van der Waals surface area contributed by atoms with Crippen LogP contribution in [0, 0.1) is 5.82 Å². The summed E-state index contributed by atoms with van der Waals surface area (Å²) in [5, 5.41) is 20.4. The van der Waals surface area contributed by atoms with Gasteiger partial charge >= 0.3 is 6.09 Å².